The first-order valence-electron chi connectivity index (χ1n) is 12.6. The van der Waals surface area contributed by atoms with Gasteiger partial charge in [0.15, 0.2) is 0 Å². The van der Waals surface area contributed by atoms with E-state index >= 15 is 0 Å². The number of carbonyl (C=O) groups is 4. The lowest BCUT2D eigenvalue weighted by atomic mass is 9.82. The number of carbonyl (C=O) groups excluding carboxylic acids is 3. The maximum atomic E-state index is 13.8. The fourth-order valence-corrected chi connectivity index (χ4v) is 5.13. The first-order chi connectivity index (χ1) is 17.8. The number of phenolic OH excluding ortho intramolecular Hbond substituents is 1. The Labute approximate surface area is 214 Å². The lowest BCUT2D eigenvalue weighted by molar-refractivity contribution is -0.139. The Morgan fingerprint density at radius 2 is 1.78 bits per heavy atom. The van der Waals surface area contributed by atoms with Crippen molar-refractivity contribution in [3.05, 3.63) is 60.3 Å². The van der Waals surface area contributed by atoms with E-state index in [2.05, 4.69) is 10.3 Å². The number of hydrogen-bond acceptors (Lipinski definition) is 5. The molecule has 1 unspecified atom stereocenters. The van der Waals surface area contributed by atoms with Crippen LogP contribution in [0.2, 0.25) is 0 Å². The number of hydrogen-bond donors (Lipinski definition) is 4. The molecular weight excluding hydrogens is 474 g/mol. The van der Waals surface area contributed by atoms with Crippen LogP contribution in [0.1, 0.15) is 55.3 Å². The highest BCUT2D eigenvalue weighted by atomic mass is 16.4. The Bertz CT molecular complexity index is 1290. The highest BCUT2D eigenvalue weighted by Crippen LogP contribution is 2.31. The number of para-hydroxylation sites is 1. The van der Waals surface area contributed by atoms with Crippen LogP contribution in [0.3, 0.4) is 0 Å². The number of carboxylic acid groups (broad SMARTS) is 1. The number of aromatic nitrogens is 1. The smallest absolute Gasteiger partial charge is 0.303 e. The number of phenols is 1. The highest BCUT2D eigenvalue weighted by molar-refractivity contribution is 6.45. The number of anilines is 1. The minimum absolute atomic E-state index is 0.0177. The molecule has 2 amide bonds. The molecule has 0 saturated heterocycles. The van der Waals surface area contributed by atoms with E-state index in [9.17, 15) is 29.4 Å². The van der Waals surface area contributed by atoms with Crippen LogP contribution >= 0.6 is 0 Å². The number of rotatable bonds is 10. The summed E-state index contributed by atoms with van der Waals surface area (Å²) in [6.45, 7) is -0.0478. The molecule has 0 spiro atoms. The van der Waals surface area contributed by atoms with Gasteiger partial charge < -0.3 is 25.4 Å². The fraction of sp³-hybridized carbons (Fsp3) is 0.357. The van der Waals surface area contributed by atoms with E-state index in [0.29, 0.717) is 29.4 Å². The van der Waals surface area contributed by atoms with Crippen LogP contribution in [0.25, 0.3) is 10.9 Å². The number of aromatic amines is 1. The van der Waals surface area contributed by atoms with Crippen molar-refractivity contribution in [2.75, 3.05) is 11.9 Å². The number of Topliss-reactive ketones (excluding diaryl/α,β-unsaturated/α-hetero) is 1. The van der Waals surface area contributed by atoms with E-state index in [1.54, 1.807) is 30.3 Å². The average molecular weight is 506 g/mol. The molecule has 1 saturated carbocycles. The van der Waals surface area contributed by atoms with Crippen molar-refractivity contribution in [3.8, 4) is 5.75 Å². The van der Waals surface area contributed by atoms with E-state index in [0.717, 1.165) is 19.3 Å². The Balaban J connectivity index is 1.68. The first-order valence-corrected chi connectivity index (χ1v) is 12.6. The summed E-state index contributed by atoms with van der Waals surface area (Å²) in [5.74, 6) is -3.27. The third-order valence-corrected chi connectivity index (χ3v) is 6.89. The molecule has 0 bridgehead atoms. The van der Waals surface area contributed by atoms with E-state index in [-0.39, 0.29) is 36.6 Å². The number of nitrogens with one attached hydrogen (secondary N) is 2. The number of H-pyrrole nitrogens is 1. The summed E-state index contributed by atoms with van der Waals surface area (Å²) in [7, 11) is 0. The van der Waals surface area contributed by atoms with Crippen LogP contribution in [0.5, 0.6) is 5.75 Å². The third kappa shape index (κ3) is 6.17. The van der Waals surface area contributed by atoms with Gasteiger partial charge in [-0.15, -0.1) is 0 Å². The number of fused-ring (bicyclic) bond motifs is 1. The molecule has 9 heteroatoms. The molecule has 1 aliphatic carbocycles. The lowest BCUT2D eigenvalue weighted by Crippen LogP contribution is -2.54. The maximum absolute atomic E-state index is 13.8. The molecule has 194 valence electrons. The Hall–Kier alpha value is -4.14. The minimum Gasteiger partial charge on any atom is -0.508 e. The van der Waals surface area contributed by atoms with Crippen LogP contribution in [-0.2, 0) is 14.4 Å². The molecule has 0 aliphatic heterocycles. The number of ketones is 1. The Morgan fingerprint density at radius 1 is 1.03 bits per heavy atom. The second-order valence-electron chi connectivity index (χ2n) is 9.46. The van der Waals surface area contributed by atoms with Gasteiger partial charge in [0.25, 0.3) is 11.7 Å². The number of amides is 2. The Morgan fingerprint density at radius 3 is 2.51 bits per heavy atom. The molecule has 9 nitrogen and oxygen atoms in total. The zero-order valence-corrected chi connectivity index (χ0v) is 20.5. The summed E-state index contributed by atoms with van der Waals surface area (Å²) in [6, 6.07) is 12.3. The fourth-order valence-electron chi connectivity index (χ4n) is 5.13. The van der Waals surface area contributed by atoms with Crippen molar-refractivity contribution in [2.24, 2.45) is 5.92 Å². The van der Waals surface area contributed by atoms with Crippen LogP contribution in [0, 0.1) is 5.92 Å². The number of aromatic hydroxyl groups is 1. The number of aliphatic carboxylic acids is 1. The quantitative estimate of drug-likeness (QED) is 0.239. The average Bonchev–Trinajstić information content (AvgIpc) is 3.32. The second kappa shape index (κ2) is 11.7. The standard InChI is InChI=1S/C28H31N3O6/c32-20-11-6-10-19(16-20)30-27(36)25(18-8-2-1-3-9-18)31(15-7-14-24(33)34)28(37)26(35)22-17-29-23-13-5-4-12-21(22)23/h4-6,10-13,16-18,25,29,32H,1-3,7-9,14-15H2,(H,30,36)(H,33,34). The maximum Gasteiger partial charge on any atom is 0.303 e. The van der Waals surface area contributed by atoms with Gasteiger partial charge in [0.2, 0.25) is 5.91 Å². The highest BCUT2D eigenvalue weighted by Gasteiger charge is 2.39. The van der Waals surface area contributed by atoms with Gasteiger partial charge in [0, 0.05) is 41.8 Å². The first kappa shape index (κ1) is 25.9. The summed E-state index contributed by atoms with van der Waals surface area (Å²) >= 11 is 0. The molecule has 1 fully saturated rings. The van der Waals surface area contributed by atoms with E-state index in [4.69, 9.17) is 0 Å². The Kier molecular flexibility index (Phi) is 8.22. The lowest BCUT2D eigenvalue weighted by Gasteiger charge is -2.37. The predicted molar refractivity (Wildman–Crippen MR) is 138 cm³/mol. The molecule has 1 atom stereocenters. The molecule has 2 aromatic carbocycles. The zero-order chi connectivity index (χ0) is 26.4. The third-order valence-electron chi connectivity index (χ3n) is 6.89. The van der Waals surface area contributed by atoms with Gasteiger partial charge in [-0.1, -0.05) is 43.5 Å². The van der Waals surface area contributed by atoms with Crippen molar-refractivity contribution < 1.29 is 29.4 Å². The van der Waals surface area contributed by atoms with Crippen LogP contribution in [0.4, 0.5) is 5.69 Å². The summed E-state index contributed by atoms with van der Waals surface area (Å²) in [4.78, 5) is 56.4. The SMILES string of the molecule is O=C(O)CCCN(C(=O)C(=O)c1c[nH]c2ccccc12)C(C(=O)Nc1cccc(O)c1)C1CCCCC1. The van der Waals surface area contributed by atoms with Crippen LogP contribution in [0.15, 0.2) is 54.7 Å². The van der Waals surface area contributed by atoms with Crippen molar-refractivity contribution >= 4 is 40.2 Å². The van der Waals surface area contributed by atoms with Gasteiger partial charge >= 0.3 is 5.97 Å². The molecule has 1 heterocycles. The number of benzene rings is 2. The monoisotopic (exact) mass is 505 g/mol. The molecular formula is C28H31N3O6. The van der Waals surface area contributed by atoms with Gasteiger partial charge in [-0.2, -0.15) is 0 Å². The van der Waals surface area contributed by atoms with E-state index in [1.807, 2.05) is 6.07 Å². The van der Waals surface area contributed by atoms with Gasteiger partial charge in [-0.05, 0) is 43.4 Å². The normalized spacial score (nSPS) is 14.7. The van der Waals surface area contributed by atoms with E-state index < -0.39 is 29.6 Å². The zero-order valence-electron chi connectivity index (χ0n) is 20.5. The van der Waals surface area contributed by atoms with Crippen LogP contribution in [-0.4, -0.2) is 56.3 Å². The summed E-state index contributed by atoms with van der Waals surface area (Å²) in [5, 5.41) is 22.4. The largest absolute Gasteiger partial charge is 0.508 e. The molecule has 4 N–H and O–H groups in total. The molecule has 0 radical (unpaired) electrons. The van der Waals surface area contributed by atoms with Gasteiger partial charge in [-0.25, -0.2) is 0 Å². The van der Waals surface area contributed by atoms with Gasteiger partial charge in [0.1, 0.15) is 11.8 Å². The van der Waals surface area contributed by atoms with Crippen molar-refractivity contribution in [1.82, 2.24) is 9.88 Å². The molecule has 37 heavy (non-hydrogen) atoms. The van der Waals surface area contributed by atoms with Crippen LogP contribution < -0.4 is 5.32 Å². The minimum atomic E-state index is -1.02. The molecule has 1 aromatic heterocycles. The molecule has 4 rings (SSSR count). The topological polar surface area (TPSA) is 140 Å². The van der Waals surface area contributed by atoms with Crippen molar-refractivity contribution in [3.63, 3.8) is 0 Å². The van der Waals surface area contributed by atoms with Crippen molar-refractivity contribution in [1.29, 1.82) is 0 Å². The van der Waals surface area contributed by atoms with Gasteiger partial charge in [-0.3, -0.25) is 19.2 Å². The second-order valence-corrected chi connectivity index (χ2v) is 9.46. The summed E-state index contributed by atoms with van der Waals surface area (Å²) in [6.07, 6.45) is 5.63. The van der Waals surface area contributed by atoms with Gasteiger partial charge in [0.05, 0.1) is 5.56 Å². The number of nitrogens with zero attached hydrogens (tertiary/aromatic N) is 1. The predicted octanol–water partition coefficient (Wildman–Crippen LogP) is 4.34. The van der Waals surface area contributed by atoms with E-state index in [1.165, 1.54) is 23.2 Å². The number of carboxylic acids is 1. The summed E-state index contributed by atoms with van der Waals surface area (Å²) < 4.78 is 0. The van der Waals surface area contributed by atoms with Crippen molar-refractivity contribution in [2.45, 2.75) is 51.0 Å². The summed E-state index contributed by atoms with van der Waals surface area (Å²) in [5.41, 5.74) is 1.29. The molecule has 1 aliphatic rings. The molecule has 3 aromatic rings.